The Hall–Kier alpha value is -1.05. The van der Waals surface area contributed by atoms with Gasteiger partial charge >= 0.3 is 5.97 Å². The molecule has 0 aromatic carbocycles. The Labute approximate surface area is 80.3 Å². The Bertz CT molecular complexity index is 220. The molecule has 0 aromatic rings. The lowest BCUT2D eigenvalue weighted by Gasteiger charge is -1.98. The van der Waals surface area contributed by atoms with E-state index >= 15 is 0 Å². The molecule has 0 heterocycles. The van der Waals surface area contributed by atoms with Crippen LogP contribution < -0.4 is 0 Å². The largest absolute Gasteiger partial charge is 0.466 e. The molecular formula is C11H18O2. The molecule has 0 aliphatic rings. The van der Waals surface area contributed by atoms with Crippen molar-refractivity contribution in [1.82, 2.24) is 0 Å². The first-order valence-electron chi connectivity index (χ1n) is 4.47. The molecule has 0 atom stereocenters. The molecule has 0 amide bonds. The molecule has 13 heavy (non-hydrogen) atoms. The van der Waals surface area contributed by atoms with E-state index in [2.05, 4.69) is 26.0 Å². The lowest BCUT2D eigenvalue weighted by atomic mass is 10.2. The maximum Gasteiger partial charge on any atom is 0.302 e. The monoisotopic (exact) mass is 182 g/mol. The molecule has 0 radical (unpaired) electrons. The third-order valence-corrected chi connectivity index (χ3v) is 1.41. The van der Waals surface area contributed by atoms with Gasteiger partial charge in [-0.2, -0.15) is 0 Å². The van der Waals surface area contributed by atoms with Gasteiger partial charge in [-0.05, 0) is 20.8 Å². The minimum atomic E-state index is -0.215. The van der Waals surface area contributed by atoms with Crippen LogP contribution in [-0.2, 0) is 9.53 Å². The quantitative estimate of drug-likeness (QED) is 0.379. The summed E-state index contributed by atoms with van der Waals surface area (Å²) in [6.07, 6.45) is 4.96. The van der Waals surface area contributed by atoms with Gasteiger partial charge in [-0.25, -0.2) is 0 Å². The van der Waals surface area contributed by atoms with E-state index in [1.54, 1.807) is 0 Å². The molecule has 0 rings (SSSR count). The molecule has 0 saturated carbocycles. The van der Waals surface area contributed by atoms with E-state index in [4.69, 9.17) is 4.74 Å². The fourth-order valence-corrected chi connectivity index (χ4v) is 1.00. The fraction of sp³-hybridized carbons (Fsp3) is 0.545. The van der Waals surface area contributed by atoms with Crippen LogP contribution in [0, 0.1) is 0 Å². The van der Waals surface area contributed by atoms with Crippen LogP contribution in [0.15, 0.2) is 23.3 Å². The Morgan fingerprint density at radius 1 is 1.23 bits per heavy atom. The molecule has 2 heteroatoms. The number of esters is 1. The van der Waals surface area contributed by atoms with Crippen molar-refractivity contribution in [2.75, 3.05) is 6.61 Å². The minimum Gasteiger partial charge on any atom is -0.466 e. The Balaban J connectivity index is 3.72. The lowest BCUT2D eigenvalue weighted by molar-refractivity contribution is -0.140. The van der Waals surface area contributed by atoms with Crippen molar-refractivity contribution in [3.8, 4) is 0 Å². The Morgan fingerprint density at radius 2 is 1.85 bits per heavy atom. The predicted octanol–water partition coefficient (Wildman–Crippen LogP) is 2.85. The third kappa shape index (κ3) is 8.86. The van der Waals surface area contributed by atoms with Crippen molar-refractivity contribution in [3.63, 3.8) is 0 Å². The standard InChI is InChI=1S/C11H18O2/c1-9(2)8-10(3)6-5-7-13-11(4)12/h6,8H,5,7H2,1-4H3. The summed E-state index contributed by atoms with van der Waals surface area (Å²) in [5.41, 5.74) is 2.49. The van der Waals surface area contributed by atoms with Crippen LogP contribution in [0.25, 0.3) is 0 Å². The van der Waals surface area contributed by atoms with Crippen LogP contribution in [0.2, 0.25) is 0 Å². The van der Waals surface area contributed by atoms with Crippen LogP contribution in [-0.4, -0.2) is 12.6 Å². The third-order valence-electron chi connectivity index (χ3n) is 1.41. The summed E-state index contributed by atoms with van der Waals surface area (Å²) in [5.74, 6) is -0.215. The van der Waals surface area contributed by atoms with Gasteiger partial charge in [0.2, 0.25) is 0 Å². The van der Waals surface area contributed by atoms with Gasteiger partial charge in [0.15, 0.2) is 0 Å². The van der Waals surface area contributed by atoms with Crippen molar-refractivity contribution >= 4 is 5.97 Å². The molecule has 0 spiro atoms. The highest BCUT2D eigenvalue weighted by atomic mass is 16.5. The second kappa shape index (κ2) is 6.46. The van der Waals surface area contributed by atoms with Gasteiger partial charge in [-0.15, -0.1) is 0 Å². The van der Waals surface area contributed by atoms with E-state index in [1.165, 1.54) is 18.1 Å². The van der Waals surface area contributed by atoms with Crippen molar-refractivity contribution < 1.29 is 9.53 Å². The Kier molecular flexibility index (Phi) is 5.94. The van der Waals surface area contributed by atoms with E-state index < -0.39 is 0 Å². The van der Waals surface area contributed by atoms with Crippen LogP contribution in [0.4, 0.5) is 0 Å². The van der Waals surface area contributed by atoms with Crippen LogP contribution >= 0.6 is 0 Å². The molecular weight excluding hydrogens is 164 g/mol. The van der Waals surface area contributed by atoms with E-state index in [0.717, 1.165) is 6.42 Å². The molecule has 0 unspecified atom stereocenters. The lowest BCUT2D eigenvalue weighted by Crippen LogP contribution is -1.99. The van der Waals surface area contributed by atoms with Gasteiger partial charge < -0.3 is 4.74 Å². The number of carbonyl (C=O) groups excluding carboxylic acids is 1. The number of carbonyl (C=O) groups is 1. The minimum absolute atomic E-state index is 0.215. The van der Waals surface area contributed by atoms with Crippen LogP contribution in [0.5, 0.6) is 0 Å². The number of allylic oxidation sites excluding steroid dienone is 3. The smallest absolute Gasteiger partial charge is 0.302 e. The number of rotatable bonds is 4. The molecule has 0 aromatic heterocycles. The van der Waals surface area contributed by atoms with Gasteiger partial charge in [-0.1, -0.05) is 23.3 Å². The molecule has 0 bridgehead atoms. The highest BCUT2D eigenvalue weighted by Crippen LogP contribution is 2.01. The SMILES string of the molecule is CC(=O)OCCC=C(C)C=C(C)C. The Morgan fingerprint density at radius 3 is 2.31 bits per heavy atom. The van der Waals surface area contributed by atoms with E-state index in [1.807, 2.05) is 6.92 Å². The molecule has 0 fully saturated rings. The second-order valence-electron chi connectivity index (χ2n) is 3.30. The van der Waals surface area contributed by atoms with Crippen molar-refractivity contribution in [1.29, 1.82) is 0 Å². The molecule has 0 saturated heterocycles. The predicted molar refractivity (Wildman–Crippen MR) is 54.4 cm³/mol. The normalized spacial score (nSPS) is 10.9. The van der Waals surface area contributed by atoms with Gasteiger partial charge in [0, 0.05) is 13.3 Å². The molecule has 0 aliphatic carbocycles. The van der Waals surface area contributed by atoms with E-state index in [0.29, 0.717) is 6.61 Å². The summed E-state index contributed by atoms with van der Waals surface area (Å²) in [6, 6.07) is 0. The maximum absolute atomic E-state index is 10.4. The summed E-state index contributed by atoms with van der Waals surface area (Å²) in [4.78, 5) is 10.4. The molecule has 0 N–H and O–H groups in total. The number of ether oxygens (including phenoxy) is 1. The first-order valence-corrected chi connectivity index (χ1v) is 4.47. The highest BCUT2D eigenvalue weighted by Gasteiger charge is 1.90. The van der Waals surface area contributed by atoms with Gasteiger partial charge in [0.05, 0.1) is 6.61 Å². The summed E-state index contributed by atoms with van der Waals surface area (Å²) in [7, 11) is 0. The van der Waals surface area contributed by atoms with Gasteiger partial charge in [-0.3, -0.25) is 4.79 Å². The topological polar surface area (TPSA) is 26.3 Å². The van der Waals surface area contributed by atoms with E-state index in [-0.39, 0.29) is 5.97 Å². The van der Waals surface area contributed by atoms with Crippen molar-refractivity contribution in [2.45, 2.75) is 34.1 Å². The van der Waals surface area contributed by atoms with Crippen LogP contribution in [0.1, 0.15) is 34.1 Å². The van der Waals surface area contributed by atoms with Crippen molar-refractivity contribution in [2.24, 2.45) is 0 Å². The number of hydrogen-bond donors (Lipinski definition) is 0. The van der Waals surface area contributed by atoms with Gasteiger partial charge in [0.25, 0.3) is 0 Å². The second-order valence-corrected chi connectivity index (χ2v) is 3.30. The zero-order chi connectivity index (χ0) is 10.3. The maximum atomic E-state index is 10.4. The summed E-state index contributed by atoms with van der Waals surface area (Å²) < 4.78 is 4.79. The first kappa shape index (κ1) is 11.9. The van der Waals surface area contributed by atoms with Crippen LogP contribution in [0.3, 0.4) is 0 Å². The summed E-state index contributed by atoms with van der Waals surface area (Å²) in [5, 5.41) is 0. The summed E-state index contributed by atoms with van der Waals surface area (Å²) >= 11 is 0. The van der Waals surface area contributed by atoms with Gasteiger partial charge in [0.1, 0.15) is 0 Å². The molecule has 0 aliphatic heterocycles. The molecule has 74 valence electrons. The average molecular weight is 182 g/mol. The average Bonchev–Trinajstić information content (AvgIpc) is 1.96. The highest BCUT2D eigenvalue weighted by molar-refractivity contribution is 5.65. The summed E-state index contributed by atoms with van der Waals surface area (Å²) in [6.45, 7) is 8.06. The van der Waals surface area contributed by atoms with E-state index in [9.17, 15) is 4.79 Å². The number of hydrogen-bond acceptors (Lipinski definition) is 2. The zero-order valence-corrected chi connectivity index (χ0v) is 8.89. The first-order chi connectivity index (χ1) is 6.02. The van der Waals surface area contributed by atoms with Crippen molar-refractivity contribution in [3.05, 3.63) is 23.3 Å². The fourth-order valence-electron chi connectivity index (χ4n) is 1.00. The molecule has 2 nitrogen and oxygen atoms in total. The zero-order valence-electron chi connectivity index (χ0n) is 8.89.